The van der Waals surface area contributed by atoms with E-state index in [1.165, 1.54) is 6.26 Å². The highest BCUT2D eigenvalue weighted by molar-refractivity contribution is 5.91. The van der Waals surface area contributed by atoms with Crippen LogP contribution in [0.4, 0.5) is 0 Å². The van der Waals surface area contributed by atoms with Crippen molar-refractivity contribution >= 4 is 11.8 Å². The second kappa shape index (κ2) is 7.54. The van der Waals surface area contributed by atoms with E-state index in [9.17, 15) is 9.59 Å². The van der Waals surface area contributed by atoms with Crippen LogP contribution in [0.1, 0.15) is 17.0 Å². The molecule has 0 bridgehead atoms. The smallest absolute Gasteiger partial charge is 0.286 e. The summed E-state index contributed by atoms with van der Waals surface area (Å²) in [6.07, 6.45) is 1.37. The molecule has 1 aromatic carbocycles. The number of hydrogen-bond donors (Lipinski definition) is 2. The van der Waals surface area contributed by atoms with Gasteiger partial charge in [0.25, 0.3) is 5.91 Å². The average Bonchev–Trinajstić information content (AvgIpc) is 3.14. The highest BCUT2D eigenvalue weighted by Gasteiger charge is 2.20. The van der Waals surface area contributed by atoms with Gasteiger partial charge in [0.05, 0.1) is 12.8 Å². The Bertz CT molecular complexity index is 699. The Labute approximate surface area is 138 Å². The Balaban J connectivity index is 1.35. The number of rotatable bonds is 6. The molecule has 0 spiro atoms. The highest BCUT2D eigenvalue weighted by atomic mass is 16.6. The lowest BCUT2D eigenvalue weighted by molar-refractivity contribution is -0.121. The van der Waals surface area contributed by atoms with Gasteiger partial charge < -0.3 is 24.5 Å². The van der Waals surface area contributed by atoms with Crippen LogP contribution in [-0.2, 0) is 4.79 Å². The Morgan fingerprint density at radius 3 is 2.71 bits per heavy atom. The maximum atomic E-state index is 11.8. The van der Waals surface area contributed by atoms with Crippen molar-refractivity contribution < 1.29 is 23.5 Å². The molecule has 2 heterocycles. The van der Waals surface area contributed by atoms with E-state index in [4.69, 9.17) is 13.9 Å². The molecule has 1 aromatic heterocycles. The summed E-state index contributed by atoms with van der Waals surface area (Å²) in [7, 11) is 0. The number of amides is 2. The molecule has 1 aliphatic rings. The first-order valence-corrected chi connectivity index (χ1v) is 7.69. The fraction of sp³-hybridized carbons (Fsp3) is 0.294. The first-order chi connectivity index (χ1) is 11.7. The average molecular weight is 330 g/mol. The molecule has 7 nitrogen and oxygen atoms in total. The molecule has 2 amide bonds. The summed E-state index contributed by atoms with van der Waals surface area (Å²) in [5, 5.41) is 5.39. The summed E-state index contributed by atoms with van der Waals surface area (Å²) in [5.41, 5.74) is 0. The van der Waals surface area contributed by atoms with Crippen LogP contribution in [0.5, 0.6) is 11.5 Å². The molecule has 2 N–H and O–H groups in total. The molecule has 2 aromatic rings. The SMILES string of the molecule is O=C(CCNC(=O)c1ccco1)NCC1COc2ccccc2O1. The normalized spacial score (nSPS) is 15.6. The molecule has 0 fully saturated rings. The fourth-order valence-corrected chi connectivity index (χ4v) is 2.26. The largest absolute Gasteiger partial charge is 0.486 e. The molecule has 3 rings (SSSR count). The fourth-order valence-electron chi connectivity index (χ4n) is 2.26. The number of carbonyl (C=O) groups excluding carboxylic acids is 2. The summed E-state index contributed by atoms with van der Waals surface area (Å²) in [6, 6.07) is 10.6. The molecule has 1 aliphatic heterocycles. The van der Waals surface area contributed by atoms with Gasteiger partial charge in [-0.3, -0.25) is 9.59 Å². The molecule has 0 radical (unpaired) electrons. The summed E-state index contributed by atoms with van der Waals surface area (Å²) in [4.78, 5) is 23.5. The van der Waals surface area contributed by atoms with E-state index in [1.54, 1.807) is 12.1 Å². The lowest BCUT2D eigenvalue weighted by Crippen LogP contribution is -2.41. The second-order valence-corrected chi connectivity index (χ2v) is 5.28. The first-order valence-electron chi connectivity index (χ1n) is 7.69. The van der Waals surface area contributed by atoms with Gasteiger partial charge in [0, 0.05) is 13.0 Å². The van der Waals surface area contributed by atoms with Crippen molar-refractivity contribution in [1.29, 1.82) is 0 Å². The van der Waals surface area contributed by atoms with E-state index in [1.807, 2.05) is 24.3 Å². The van der Waals surface area contributed by atoms with Crippen LogP contribution >= 0.6 is 0 Å². The summed E-state index contributed by atoms with van der Waals surface area (Å²) >= 11 is 0. The number of furan rings is 1. The van der Waals surface area contributed by atoms with Crippen LogP contribution in [0.3, 0.4) is 0 Å². The molecule has 7 heteroatoms. The number of para-hydroxylation sites is 2. The van der Waals surface area contributed by atoms with Crippen LogP contribution in [0.15, 0.2) is 47.1 Å². The third-order valence-corrected chi connectivity index (χ3v) is 3.48. The van der Waals surface area contributed by atoms with Crippen molar-refractivity contribution in [2.75, 3.05) is 19.7 Å². The van der Waals surface area contributed by atoms with E-state index in [0.717, 1.165) is 0 Å². The molecular weight excluding hydrogens is 312 g/mol. The van der Waals surface area contributed by atoms with E-state index < -0.39 is 0 Å². The molecule has 1 unspecified atom stereocenters. The minimum absolute atomic E-state index is 0.169. The zero-order valence-electron chi connectivity index (χ0n) is 13.0. The van der Waals surface area contributed by atoms with Gasteiger partial charge in [-0.25, -0.2) is 0 Å². The molecular formula is C17H18N2O5. The van der Waals surface area contributed by atoms with Crippen LogP contribution in [-0.4, -0.2) is 37.6 Å². The molecule has 0 saturated carbocycles. The first kappa shape index (κ1) is 15.9. The molecule has 126 valence electrons. The van der Waals surface area contributed by atoms with Gasteiger partial charge in [-0.15, -0.1) is 0 Å². The minimum Gasteiger partial charge on any atom is -0.486 e. The Hall–Kier alpha value is -2.96. The Morgan fingerprint density at radius 1 is 1.08 bits per heavy atom. The monoisotopic (exact) mass is 330 g/mol. The highest BCUT2D eigenvalue weighted by Crippen LogP contribution is 2.30. The zero-order valence-corrected chi connectivity index (χ0v) is 13.0. The van der Waals surface area contributed by atoms with Gasteiger partial charge in [-0.1, -0.05) is 12.1 Å². The number of hydrogen-bond acceptors (Lipinski definition) is 5. The van der Waals surface area contributed by atoms with Crippen molar-refractivity contribution in [1.82, 2.24) is 10.6 Å². The number of benzene rings is 1. The predicted molar refractivity (Wildman–Crippen MR) is 85.0 cm³/mol. The van der Waals surface area contributed by atoms with Gasteiger partial charge in [-0.2, -0.15) is 0 Å². The zero-order chi connectivity index (χ0) is 16.8. The summed E-state index contributed by atoms with van der Waals surface area (Å²) in [6.45, 7) is 0.960. The van der Waals surface area contributed by atoms with Crippen LogP contribution in [0.2, 0.25) is 0 Å². The number of fused-ring (bicyclic) bond motifs is 1. The van der Waals surface area contributed by atoms with E-state index in [-0.39, 0.29) is 36.6 Å². The van der Waals surface area contributed by atoms with Crippen LogP contribution < -0.4 is 20.1 Å². The van der Waals surface area contributed by atoms with Gasteiger partial charge >= 0.3 is 0 Å². The van der Waals surface area contributed by atoms with E-state index in [2.05, 4.69) is 10.6 Å². The minimum atomic E-state index is -0.339. The quantitative estimate of drug-likeness (QED) is 0.834. The number of carbonyl (C=O) groups is 2. The maximum Gasteiger partial charge on any atom is 0.286 e. The molecule has 0 aliphatic carbocycles. The topological polar surface area (TPSA) is 89.8 Å². The van der Waals surface area contributed by atoms with Gasteiger partial charge in [0.1, 0.15) is 12.7 Å². The lowest BCUT2D eigenvalue weighted by atomic mass is 10.2. The number of ether oxygens (including phenoxy) is 2. The predicted octanol–water partition coefficient (Wildman–Crippen LogP) is 1.36. The Kier molecular flexibility index (Phi) is 5.00. The van der Waals surface area contributed by atoms with E-state index >= 15 is 0 Å². The van der Waals surface area contributed by atoms with Gasteiger partial charge in [0.15, 0.2) is 17.3 Å². The van der Waals surface area contributed by atoms with Crippen LogP contribution in [0, 0.1) is 0 Å². The maximum absolute atomic E-state index is 11.8. The van der Waals surface area contributed by atoms with Gasteiger partial charge in [0.2, 0.25) is 5.91 Å². The van der Waals surface area contributed by atoms with Crippen molar-refractivity contribution in [3.05, 3.63) is 48.4 Å². The molecule has 24 heavy (non-hydrogen) atoms. The molecule has 0 saturated heterocycles. The summed E-state index contributed by atoms with van der Waals surface area (Å²) < 4.78 is 16.3. The third kappa shape index (κ3) is 4.07. The van der Waals surface area contributed by atoms with Crippen LogP contribution in [0.25, 0.3) is 0 Å². The van der Waals surface area contributed by atoms with Crippen molar-refractivity contribution in [2.45, 2.75) is 12.5 Å². The van der Waals surface area contributed by atoms with Gasteiger partial charge in [-0.05, 0) is 24.3 Å². The summed E-state index contributed by atoms with van der Waals surface area (Å²) in [5.74, 6) is 1.10. The molecule has 1 atom stereocenters. The standard InChI is InChI=1S/C17H18N2O5/c20-16(7-8-18-17(21)15-6-3-9-22-15)19-10-12-11-23-13-4-1-2-5-14(13)24-12/h1-6,9,12H,7-8,10-11H2,(H,18,21)(H,19,20). The second-order valence-electron chi connectivity index (χ2n) is 5.28. The van der Waals surface area contributed by atoms with Crippen molar-refractivity contribution in [3.8, 4) is 11.5 Å². The van der Waals surface area contributed by atoms with Crippen molar-refractivity contribution in [3.63, 3.8) is 0 Å². The Morgan fingerprint density at radius 2 is 1.92 bits per heavy atom. The van der Waals surface area contributed by atoms with Crippen molar-refractivity contribution in [2.24, 2.45) is 0 Å². The number of nitrogens with one attached hydrogen (secondary N) is 2. The van der Waals surface area contributed by atoms with E-state index in [0.29, 0.717) is 24.7 Å². The lowest BCUT2D eigenvalue weighted by Gasteiger charge is -2.26. The third-order valence-electron chi connectivity index (χ3n) is 3.48.